The summed E-state index contributed by atoms with van der Waals surface area (Å²) in [6.07, 6.45) is 0. The number of anilines is 5. The van der Waals surface area contributed by atoms with Crippen LogP contribution in [0, 0.1) is 6.92 Å². The standard InChI is InChI=1S/C62H43BN3S/c1-37-25-28-40(29-26-37)64-53-35-43(65(41-16-6-4-7-17-41)42-18-8-5-9-19-42)30-32-45(53)49-36-48(39-27-31-47-46-21-12-13-24-54(46)67-55(47)34-39)57-56-44-20-11-10-15-38(44)33-51-60(56)66-59-50(62(51,2)3)22-14-23-52(59)63-58(49)61(57)66/h4-36,64H,1-3H3. The molecule has 67 heavy (non-hydrogen) atoms. The molecule has 14 rings (SSSR count). The monoisotopic (exact) mass is 872 g/mol. The number of para-hydroxylation sites is 3. The number of fused-ring (bicyclic) bond motifs is 6. The molecule has 1 radical (unpaired) electrons. The van der Waals surface area contributed by atoms with Crippen LogP contribution >= 0.6 is 11.3 Å². The molecule has 0 fully saturated rings. The molecule has 5 heteroatoms. The van der Waals surface area contributed by atoms with Gasteiger partial charge in [0, 0.05) is 81.6 Å². The van der Waals surface area contributed by atoms with Crippen molar-refractivity contribution in [1.82, 2.24) is 4.57 Å². The summed E-state index contributed by atoms with van der Waals surface area (Å²) in [5.74, 6) is 0. The largest absolute Gasteiger partial charge is 0.355 e. The van der Waals surface area contributed by atoms with Crippen molar-refractivity contribution in [1.29, 1.82) is 0 Å². The molecule has 0 bridgehead atoms. The second kappa shape index (κ2) is 14.3. The highest BCUT2D eigenvalue weighted by molar-refractivity contribution is 7.25. The van der Waals surface area contributed by atoms with E-state index in [9.17, 15) is 0 Å². The second-order valence-corrected chi connectivity index (χ2v) is 19.9. The van der Waals surface area contributed by atoms with Crippen LogP contribution in [0.15, 0.2) is 200 Å². The van der Waals surface area contributed by atoms with E-state index in [1.807, 2.05) is 11.3 Å². The lowest BCUT2D eigenvalue weighted by atomic mass is 9.57. The highest BCUT2D eigenvalue weighted by Crippen LogP contribution is 2.53. The molecular weight excluding hydrogens is 830 g/mol. The van der Waals surface area contributed by atoms with Gasteiger partial charge in [-0.1, -0.05) is 152 Å². The van der Waals surface area contributed by atoms with Crippen molar-refractivity contribution in [3.8, 4) is 27.9 Å². The van der Waals surface area contributed by atoms with Crippen molar-refractivity contribution in [3.63, 3.8) is 0 Å². The number of nitrogens with one attached hydrogen (secondary N) is 1. The molecule has 3 nitrogen and oxygen atoms in total. The van der Waals surface area contributed by atoms with Crippen LogP contribution < -0.4 is 21.1 Å². The van der Waals surface area contributed by atoms with Crippen LogP contribution in [0.1, 0.15) is 30.5 Å². The van der Waals surface area contributed by atoms with Gasteiger partial charge in [-0.2, -0.15) is 0 Å². The molecule has 12 aromatic rings. The Kier molecular flexibility index (Phi) is 8.21. The first-order valence-corrected chi connectivity index (χ1v) is 24.1. The summed E-state index contributed by atoms with van der Waals surface area (Å²) in [6, 6.07) is 74.2. The summed E-state index contributed by atoms with van der Waals surface area (Å²) in [5.41, 5.74) is 20.3. The minimum Gasteiger partial charge on any atom is -0.355 e. The number of rotatable bonds is 7. The molecule has 1 N–H and O–H groups in total. The number of aryl methyl sites for hydroxylation is 1. The van der Waals surface area contributed by atoms with E-state index < -0.39 is 0 Å². The lowest BCUT2D eigenvalue weighted by Gasteiger charge is -2.38. The lowest BCUT2D eigenvalue weighted by Crippen LogP contribution is -2.41. The molecule has 2 aliphatic heterocycles. The van der Waals surface area contributed by atoms with Crippen LogP contribution in [0.3, 0.4) is 0 Å². The Labute approximate surface area is 394 Å². The Morgan fingerprint density at radius 3 is 2.03 bits per heavy atom. The molecule has 0 unspecified atom stereocenters. The van der Waals surface area contributed by atoms with E-state index in [0.717, 1.165) is 34.0 Å². The minimum atomic E-state index is -0.216. The predicted octanol–water partition coefficient (Wildman–Crippen LogP) is 15.8. The Hall–Kier alpha value is -7.86. The SMILES string of the molecule is Cc1ccc(Nc2cc(N(c3ccccc3)c3ccccc3)ccc2-c2cc(-c3ccc4c(c3)sc3ccccc34)c3c4c5ccccc5cc5c4n4c3c2[B]c2cccc(c2-4)C5(C)C)cc1. The number of aromatic nitrogens is 1. The van der Waals surface area contributed by atoms with E-state index in [1.54, 1.807) is 0 Å². The van der Waals surface area contributed by atoms with E-state index in [4.69, 9.17) is 0 Å². The van der Waals surface area contributed by atoms with Crippen molar-refractivity contribution in [3.05, 3.63) is 217 Å². The summed E-state index contributed by atoms with van der Waals surface area (Å²) in [6.45, 7) is 6.99. The summed E-state index contributed by atoms with van der Waals surface area (Å²) < 4.78 is 5.28. The van der Waals surface area contributed by atoms with Crippen molar-refractivity contribution in [2.75, 3.05) is 10.2 Å². The van der Waals surface area contributed by atoms with Crippen molar-refractivity contribution < 1.29 is 0 Å². The molecule has 0 amide bonds. The first kappa shape index (κ1) is 38.4. The highest BCUT2D eigenvalue weighted by atomic mass is 32.1. The third-order valence-corrected chi connectivity index (χ3v) is 15.7. The van der Waals surface area contributed by atoms with Crippen LogP contribution in [-0.4, -0.2) is 11.8 Å². The molecule has 4 heterocycles. The molecule has 0 spiro atoms. The molecule has 0 atom stereocenters. The first-order valence-electron chi connectivity index (χ1n) is 23.2. The van der Waals surface area contributed by atoms with E-state index in [0.29, 0.717) is 0 Å². The molecule has 0 aliphatic carbocycles. The van der Waals surface area contributed by atoms with Gasteiger partial charge < -0.3 is 14.8 Å². The zero-order valence-corrected chi connectivity index (χ0v) is 38.2. The quantitative estimate of drug-likeness (QED) is 0.161. The maximum Gasteiger partial charge on any atom is 0.197 e. The first-order chi connectivity index (χ1) is 32.9. The van der Waals surface area contributed by atoms with E-state index >= 15 is 0 Å². The fourth-order valence-corrected chi connectivity index (χ4v) is 12.6. The average molecular weight is 873 g/mol. The van der Waals surface area contributed by atoms with Crippen molar-refractivity contribution in [2.24, 2.45) is 0 Å². The molecule has 10 aromatic carbocycles. The highest BCUT2D eigenvalue weighted by Gasteiger charge is 2.40. The lowest BCUT2D eigenvalue weighted by molar-refractivity contribution is 0.632. The van der Waals surface area contributed by atoms with Gasteiger partial charge in [0.05, 0.1) is 5.52 Å². The number of hydrogen-bond donors (Lipinski definition) is 1. The molecule has 2 aliphatic rings. The number of nitrogens with zero attached hydrogens (tertiary/aromatic N) is 2. The van der Waals surface area contributed by atoms with Gasteiger partial charge in [-0.15, -0.1) is 11.3 Å². The number of benzene rings is 10. The van der Waals surface area contributed by atoms with E-state index in [2.05, 4.69) is 243 Å². The van der Waals surface area contributed by atoms with Crippen LogP contribution in [0.5, 0.6) is 0 Å². The van der Waals surface area contributed by atoms with Gasteiger partial charge in [0.2, 0.25) is 0 Å². The van der Waals surface area contributed by atoms with Crippen LogP contribution in [0.25, 0.3) is 80.7 Å². The van der Waals surface area contributed by atoms with Crippen molar-refractivity contribution >= 4 is 111 Å². The van der Waals surface area contributed by atoms with Gasteiger partial charge in [-0.05, 0) is 124 Å². The van der Waals surface area contributed by atoms with Crippen LogP contribution in [0.4, 0.5) is 28.4 Å². The second-order valence-electron chi connectivity index (χ2n) is 18.9. The summed E-state index contributed by atoms with van der Waals surface area (Å²) in [7, 11) is 2.49. The predicted molar refractivity (Wildman–Crippen MR) is 288 cm³/mol. The average Bonchev–Trinajstić information content (AvgIpc) is 3.92. The number of hydrogen-bond acceptors (Lipinski definition) is 3. The summed E-state index contributed by atoms with van der Waals surface area (Å²) in [5, 5.41) is 11.8. The zero-order valence-electron chi connectivity index (χ0n) is 37.4. The maximum absolute atomic E-state index is 3.98. The third-order valence-electron chi connectivity index (χ3n) is 14.6. The Morgan fingerprint density at radius 1 is 0.522 bits per heavy atom. The van der Waals surface area contributed by atoms with Gasteiger partial charge >= 0.3 is 0 Å². The van der Waals surface area contributed by atoms with E-state index in [1.165, 1.54) is 103 Å². The number of thiophene rings is 1. The van der Waals surface area contributed by atoms with Gasteiger partial charge in [-0.3, -0.25) is 0 Å². The fraction of sp³-hybridized carbons (Fsp3) is 0.0645. The zero-order chi connectivity index (χ0) is 44.5. The van der Waals surface area contributed by atoms with E-state index in [-0.39, 0.29) is 5.41 Å². The Bertz CT molecular complexity index is 3970. The van der Waals surface area contributed by atoms with Gasteiger partial charge in [0.15, 0.2) is 7.28 Å². The third kappa shape index (κ3) is 5.65. The molecule has 2 aromatic heterocycles. The Morgan fingerprint density at radius 2 is 1.24 bits per heavy atom. The minimum absolute atomic E-state index is 0.216. The van der Waals surface area contributed by atoms with Gasteiger partial charge in [0.25, 0.3) is 0 Å². The maximum atomic E-state index is 3.98. The van der Waals surface area contributed by atoms with Gasteiger partial charge in [-0.25, -0.2) is 0 Å². The molecular formula is C62H43BN3S. The topological polar surface area (TPSA) is 20.2 Å². The molecule has 315 valence electrons. The Balaban J connectivity index is 1.12. The summed E-state index contributed by atoms with van der Waals surface area (Å²) >= 11 is 1.89. The smallest absolute Gasteiger partial charge is 0.197 e. The molecule has 0 saturated heterocycles. The normalized spacial score (nSPS) is 13.2. The van der Waals surface area contributed by atoms with Crippen LogP contribution in [-0.2, 0) is 5.41 Å². The summed E-state index contributed by atoms with van der Waals surface area (Å²) in [4.78, 5) is 2.35. The van der Waals surface area contributed by atoms with Gasteiger partial charge in [0.1, 0.15) is 0 Å². The fourth-order valence-electron chi connectivity index (χ4n) is 11.4. The van der Waals surface area contributed by atoms with Crippen LogP contribution in [0.2, 0.25) is 0 Å². The molecule has 0 saturated carbocycles. The van der Waals surface area contributed by atoms with Crippen molar-refractivity contribution in [2.45, 2.75) is 26.2 Å².